The van der Waals surface area contributed by atoms with Crippen molar-refractivity contribution in [3.8, 4) is 0 Å². The predicted molar refractivity (Wildman–Crippen MR) is 82.5 cm³/mol. The van der Waals surface area contributed by atoms with Crippen molar-refractivity contribution in [1.82, 2.24) is 14.5 Å². The van der Waals surface area contributed by atoms with Crippen LogP contribution in [0.1, 0.15) is 23.2 Å². The zero-order valence-electron chi connectivity index (χ0n) is 11.3. The first-order valence-electron chi connectivity index (χ1n) is 6.96. The third-order valence-electron chi connectivity index (χ3n) is 3.68. The van der Waals surface area contributed by atoms with Crippen LogP contribution >= 0.6 is 11.3 Å². The van der Waals surface area contributed by atoms with Gasteiger partial charge in [-0.05, 0) is 30.9 Å². The van der Waals surface area contributed by atoms with Crippen LogP contribution in [0.2, 0.25) is 0 Å². The molecule has 0 aliphatic heterocycles. The van der Waals surface area contributed by atoms with E-state index in [2.05, 4.69) is 19.9 Å². The fourth-order valence-corrected chi connectivity index (χ4v) is 2.99. The molecule has 0 bridgehead atoms. The lowest BCUT2D eigenvalue weighted by Gasteiger charge is -2.01. The fraction of sp³-hybridized carbons (Fsp3) is 0.267. The van der Waals surface area contributed by atoms with E-state index < -0.39 is 0 Å². The lowest BCUT2D eigenvalue weighted by Crippen LogP contribution is -2.11. The van der Waals surface area contributed by atoms with Gasteiger partial charge in [0.25, 0.3) is 5.91 Å². The monoisotopic (exact) mass is 298 g/mol. The molecule has 1 fully saturated rings. The first-order chi connectivity index (χ1) is 10.3. The van der Waals surface area contributed by atoms with Gasteiger partial charge in [-0.3, -0.25) is 10.1 Å². The van der Waals surface area contributed by atoms with Gasteiger partial charge >= 0.3 is 0 Å². The number of rotatable bonds is 4. The fourth-order valence-electron chi connectivity index (χ4n) is 2.47. The highest BCUT2D eigenvalue weighted by atomic mass is 32.1. The second kappa shape index (κ2) is 4.96. The Kier molecular flexibility index (Phi) is 2.96. The minimum absolute atomic E-state index is 0.127. The Morgan fingerprint density at radius 1 is 1.38 bits per heavy atom. The van der Waals surface area contributed by atoms with Gasteiger partial charge in [-0.1, -0.05) is 0 Å². The van der Waals surface area contributed by atoms with E-state index >= 15 is 0 Å². The van der Waals surface area contributed by atoms with Crippen molar-refractivity contribution in [2.24, 2.45) is 5.92 Å². The molecular weight excluding hydrogens is 284 g/mol. The van der Waals surface area contributed by atoms with Crippen LogP contribution in [-0.2, 0) is 6.54 Å². The lowest BCUT2D eigenvalue weighted by molar-refractivity contribution is 0.102. The number of hydrogen-bond acceptors (Lipinski definition) is 4. The maximum atomic E-state index is 12.5. The van der Waals surface area contributed by atoms with E-state index in [1.165, 1.54) is 24.2 Å². The summed E-state index contributed by atoms with van der Waals surface area (Å²) in [6.07, 6.45) is 7.91. The van der Waals surface area contributed by atoms with Gasteiger partial charge in [0, 0.05) is 35.9 Å². The van der Waals surface area contributed by atoms with Gasteiger partial charge in [0.2, 0.25) is 0 Å². The van der Waals surface area contributed by atoms with Crippen molar-refractivity contribution < 1.29 is 4.79 Å². The molecule has 3 heterocycles. The zero-order valence-corrected chi connectivity index (χ0v) is 12.1. The van der Waals surface area contributed by atoms with Gasteiger partial charge in [0.1, 0.15) is 5.65 Å². The SMILES string of the molecule is O=C(Nc1nccs1)c1cn(CC2CC2)c2ncccc12. The van der Waals surface area contributed by atoms with Crippen molar-refractivity contribution in [3.05, 3.63) is 41.7 Å². The topological polar surface area (TPSA) is 59.8 Å². The second-order valence-electron chi connectivity index (χ2n) is 5.30. The van der Waals surface area contributed by atoms with E-state index in [9.17, 15) is 4.79 Å². The summed E-state index contributed by atoms with van der Waals surface area (Å²) in [4.78, 5) is 21.0. The Bertz CT molecular complexity index is 789. The molecule has 106 valence electrons. The molecular formula is C15H14N4OS. The molecule has 1 aliphatic rings. The van der Waals surface area contributed by atoms with Crippen molar-refractivity contribution >= 4 is 33.4 Å². The summed E-state index contributed by atoms with van der Waals surface area (Å²) in [7, 11) is 0. The van der Waals surface area contributed by atoms with Gasteiger partial charge < -0.3 is 4.57 Å². The van der Waals surface area contributed by atoms with E-state index in [1.807, 2.05) is 23.7 Å². The molecule has 0 saturated heterocycles. The second-order valence-corrected chi connectivity index (χ2v) is 6.20. The molecule has 0 unspecified atom stereocenters. The quantitative estimate of drug-likeness (QED) is 0.805. The molecule has 1 amide bonds. The first-order valence-corrected chi connectivity index (χ1v) is 7.84. The van der Waals surface area contributed by atoms with Gasteiger partial charge in [-0.25, -0.2) is 9.97 Å². The van der Waals surface area contributed by atoms with E-state index in [1.54, 1.807) is 12.4 Å². The van der Waals surface area contributed by atoms with Crippen LogP contribution in [0.5, 0.6) is 0 Å². The van der Waals surface area contributed by atoms with Gasteiger partial charge in [-0.2, -0.15) is 0 Å². The summed E-state index contributed by atoms with van der Waals surface area (Å²) in [5.41, 5.74) is 1.54. The summed E-state index contributed by atoms with van der Waals surface area (Å²) in [5.74, 6) is 0.606. The smallest absolute Gasteiger partial charge is 0.259 e. The van der Waals surface area contributed by atoms with Crippen LogP contribution in [0, 0.1) is 5.92 Å². The average molecular weight is 298 g/mol. The number of nitrogens with zero attached hydrogens (tertiary/aromatic N) is 3. The van der Waals surface area contributed by atoms with E-state index in [0.717, 1.165) is 23.5 Å². The van der Waals surface area contributed by atoms with Crippen LogP contribution in [0.25, 0.3) is 11.0 Å². The van der Waals surface area contributed by atoms with E-state index in [4.69, 9.17) is 0 Å². The predicted octanol–water partition coefficient (Wildman–Crippen LogP) is 3.16. The number of anilines is 1. The third-order valence-corrected chi connectivity index (χ3v) is 4.37. The molecule has 5 nitrogen and oxygen atoms in total. The number of nitrogens with one attached hydrogen (secondary N) is 1. The highest BCUT2D eigenvalue weighted by Crippen LogP contribution is 2.32. The van der Waals surface area contributed by atoms with Crippen LogP contribution in [0.3, 0.4) is 0 Å². The molecule has 1 aliphatic carbocycles. The summed E-state index contributed by atoms with van der Waals surface area (Å²) >= 11 is 1.41. The third kappa shape index (κ3) is 2.42. The summed E-state index contributed by atoms with van der Waals surface area (Å²) in [6, 6.07) is 3.81. The standard InChI is InChI=1S/C15H14N4OS/c20-14(18-15-17-6-7-21-15)12-9-19(8-10-3-4-10)13-11(12)2-1-5-16-13/h1-2,5-7,9-10H,3-4,8H2,(H,17,18,20). The van der Waals surface area contributed by atoms with E-state index in [-0.39, 0.29) is 5.91 Å². The minimum Gasteiger partial charge on any atom is -0.331 e. The Hall–Kier alpha value is -2.21. The Balaban J connectivity index is 1.71. The minimum atomic E-state index is -0.127. The number of carbonyl (C=O) groups is 1. The van der Waals surface area contributed by atoms with Gasteiger partial charge in [0.15, 0.2) is 5.13 Å². The Morgan fingerprint density at radius 3 is 3.05 bits per heavy atom. The largest absolute Gasteiger partial charge is 0.331 e. The van der Waals surface area contributed by atoms with Crippen LogP contribution in [-0.4, -0.2) is 20.4 Å². The van der Waals surface area contributed by atoms with Crippen molar-refractivity contribution in [1.29, 1.82) is 0 Å². The number of hydrogen-bond donors (Lipinski definition) is 1. The summed E-state index contributed by atoms with van der Waals surface area (Å²) in [6.45, 7) is 0.943. The molecule has 4 rings (SSSR count). The molecule has 3 aromatic heterocycles. The molecule has 6 heteroatoms. The van der Waals surface area contributed by atoms with Crippen molar-refractivity contribution in [3.63, 3.8) is 0 Å². The molecule has 0 aromatic carbocycles. The maximum Gasteiger partial charge on any atom is 0.259 e. The highest BCUT2D eigenvalue weighted by molar-refractivity contribution is 7.13. The number of carbonyl (C=O) groups excluding carboxylic acids is 1. The molecule has 0 radical (unpaired) electrons. The molecule has 3 aromatic rings. The maximum absolute atomic E-state index is 12.5. The van der Waals surface area contributed by atoms with Crippen LogP contribution in [0.15, 0.2) is 36.1 Å². The number of pyridine rings is 1. The molecule has 1 N–H and O–H groups in total. The number of amides is 1. The average Bonchev–Trinajstić information content (AvgIpc) is 3.02. The van der Waals surface area contributed by atoms with E-state index in [0.29, 0.717) is 10.7 Å². The summed E-state index contributed by atoms with van der Waals surface area (Å²) in [5, 5.41) is 6.19. The van der Waals surface area contributed by atoms with Crippen LogP contribution in [0.4, 0.5) is 5.13 Å². The Morgan fingerprint density at radius 2 is 2.29 bits per heavy atom. The number of fused-ring (bicyclic) bond motifs is 1. The lowest BCUT2D eigenvalue weighted by atomic mass is 10.2. The zero-order chi connectivity index (χ0) is 14.2. The molecule has 0 spiro atoms. The molecule has 1 saturated carbocycles. The molecule has 21 heavy (non-hydrogen) atoms. The number of aromatic nitrogens is 3. The van der Waals surface area contributed by atoms with Crippen molar-refractivity contribution in [2.75, 3.05) is 5.32 Å². The Labute approximate surface area is 125 Å². The number of thiazole rings is 1. The van der Waals surface area contributed by atoms with Gasteiger partial charge in [-0.15, -0.1) is 11.3 Å². The van der Waals surface area contributed by atoms with Crippen LogP contribution < -0.4 is 5.32 Å². The molecule has 0 atom stereocenters. The normalized spacial score (nSPS) is 14.5. The first kappa shape index (κ1) is 12.5. The van der Waals surface area contributed by atoms with Gasteiger partial charge in [0.05, 0.1) is 5.56 Å². The highest BCUT2D eigenvalue weighted by Gasteiger charge is 2.24. The summed E-state index contributed by atoms with van der Waals surface area (Å²) < 4.78 is 2.10. The van der Waals surface area contributed by atoms with Crippen molar-refractivity contribution in [2.45, 2.75) is 19.4 Å².